The van der Waals surface area contributed by atoms with Crippen molar-refractivity contribution < 1.29 is 17.2 Å². The van der Waals surface area contributed by atoms with Gasteiger partial charge in [0.25, 0.3) is 10.0 Å². The third kappa shape index (κ3) is 3.05. The van der Waals surface area contributed by atoms with Crippen LogP contribution < -0.4 is 10.5 Å². The lowest BCUT2D eigenvalue weighted by Crippen LogP contribution is -2.13. The molecule has 0 unspecified atom stereocenters. The fourth-order valence-corrected chi connectivity index (χ4v) is 2.77. The summed E-state index contributed by atoms with van der Waals surface area (Å²) in [7, 11) is -3.95. The van der Waals surface area contributed by atoms with Gasteiger partial charge in [-0.15, -0.1) is 0 Å². The van der Waals surface area contributed by atoms with Crippen LogP contribution in [0.2, 0.25) is 0 Å². The van der Waals surface area contributed by atoms with Crippen LogP contribution in [0.15, 0.2) is 41.3 Å². The van der Waals surface area contributed by atoms with Gasteiger partial charge >= 0.3 is 0 Å². The second-order valence-corrected chi connectivity index (χ2v) is 5.99. The van der Waals surface area contributed by atoms with E-state index in [0.29, 0.717) is 5.56 Å². The second kappa shape index (κ2) is 5.09. The average molecular weight is 298 g/mol. The van der Waals surface area contributed by atoms with Crippen LogP contribution in [0.3, 0.4) is 0 Å². The van der Waals surface area contributed by atoms with Crippen molar-refractivity contribution in [3.8, 4) is 0 Å². The molecule has 0 aliphatic rings. The standard InChI is InChI=1S/C13H12F2N2O2S/c1-8-4-9(14)6-10(5-8)17-20(18,19)11-2-3-12(15)13(16)7-11/h2-7,17H,16H2,1H3. The molecule has 0 spiro atoms. The maximum Gasteiger partial charge on any atom is 0.261 e. The Morgan fingerprint density at radius 3 is 2.40 bits per heavy atom. The van der Waals surface area contributed by atoms with Crippen molar-refractivity contribution in [1.29, 1.82) is 0 Å². The molecule has 0 aromatic heterocycles. The van der Waals surface area contributed by atoms with Crippen molar-refractivity contribution in [3.05, 3.63) is 53.6 Å². The van der Waals surface area contributed by atoms with E-state index >= 15 is 0 Å². The van der Waals surface area contributed by atoms with Crippen LogP contribution in [0.5, 0.6) is 0 Å². The third-order valence-corrected chi connectivity index (χ3v) is 3.95. The fourth-order valence-electron chi connectivity index (χ4n) is 1.70. The Hall–Kier alpha value is -2.15. The van der Waals surface area contributed by atoms with Crippen molar-refractivity contribution in [2.24, 2.45) is 0 Å². The molecule has 106 valence electrons. The molecule has 0 atom stereocenters. The highest BCUT2D eigenvalue weighted by atomic mass is 32.2. The van der Waals surface area contributed by atoms with Gasteiger partial charge in [0, 0.05) is 0 Å². The molecule has 0 aliphatic carbocycles. The average Bonchev–Trinajstić information content (AvgIpc) is 2.30. The molecule has 0 saturated carbocycles. The van der Waals surface area contributed by atoms with E-state index in [0.717, 1.165) is 24.3 Å². The maximum absolute atomic E-state index is 13.2. The normalized spacial score (nSPS) is 11.3. The first-order valence-electron chi connectivity index (χ1n) is 5.63. The van der Waals surface area contributed by atoms with Gasteiger partial charge in [-0.25, -0.2) is 17.2 Å². The topological polar surface area (TPSA) is 72.2 Å². The van der Waals surface area contributed by atoms with E-state index in [1.807, 2.05) is 0 Å². The van der Waals surface area contributed by atoms with E-state index in [2.05, 4.69) is 4.72 Å². The highest BCUT2D eigenvalue weighted by Gasteiger charge is 2.16. The van der Waals surface area contributed by atoms with Gasteiger partial charge in [0.05, 0.1) is 16.3 Å². The minimum Gasteiger partial charge on any atom is -0.396 e. The molecular formula is C13H12F2N2O2S. The summed E-state index contributed by atoms with van der Waals surface area (Å²) in [4.78, 5) is -0.196. The van der Waals surface area contributed by atoms with Crippen LogP contribution in [0.25, 0.3) is 0 Å². The van der Waals surface area contributed by atoms with Crippen LogP contribution in [-0.4, -0.2) is 8.42 Å². The fraction of sp³-hybridized carbons (Fsp3) is 0.0769. The van der Waals surface area contributed by atoms with Gasteiger partial charge in [-0.3, -0.25) is 4.72 Å². The molecular weight excluding hydrogens is 286 g/mol. The Morgan fingerprint density at radius 2 is 1.80 bits per heavy atom. The number of halogens is 2. The van der Waals surface area contributed by atoms with Gasteiger partial charge in [-0.05, 0) is 48.9 Å². The highest BCUT2D eigenvalue weighted by molar-refractivity contribution is 7.92. The Labute approximate surface area is 115 Å². The van der Waals surface area contributed by atoms with Gasteiger partial charge in [-0.2, -0.15) is 0 Å². The molecule has 0 saturated heterocycles. The summed E-state index contributed by atoms with van der Waals surface area (Å²) in [6.07, 6.45) is 0. The second-order valence-electron chi connectivity index (χ2n) is 4.31. The van der Waals surface area contributed by atoms with Gasteiger partial charge in [0.2, 0.25) is 0 Å². The molecule has 0 bridgehead atoms. The monoisotopic (exact) mass is 298 g/mol. The number of aryl methyl sites for hydroxylation is 1. The van der Waals surface area contributed by atoms with Gasteiger partial charge in [-0.1, -0.05) is 0 Å². The molecule has 0 heterocycles. The van der Waals surface area contributed by atoms with Crippen molar-refractivity contribution >= 4 is 21.4 Å². The van der Waals surface area contributed by atoms with E-state index < -0.39 is 21.7 Å². The van der Waals surface area contributed by atoms with Crippen LogP contribution in [0, 0.1) is 18.6 Å². The van der Waals surface area contributed by atoms with E-state index in [1.165, 1.54) is 12.1 Å². The SMILES string of the molecule is Cc1cc(F)cc(NS(=O)(=O)c2ccc(F)c(N)c2)c1. The molecule has 4 nitrogen and oxygen atoms in total. The Morgan fingerprint density at radius 1 is 1.10 bits per heavy atom. The van der Waals surface area contributed by atoms with Crippen LogP contribution in [-0.2, 0) is 10.0 Å². The molecule has 7 heteroatoms. The number of rotatable bonds is 3. The molecule has 20 heavy (non-hydrogen) atoms. The first kappa shape index (κ1) is 14.3. The number of nitrogens with one attached hydrogen (secondary N) is 1. The predicted molar refractivity (Wildman–Crippen MR) is 72.8 cm³/mol. The van der Waals surface area contributed by atoms with E-state index in [1.54, 1.807) is 6.92 Å². The first-order valence-corrected chi connectivity index (χ1v) is 7.11. The summed E-state index contributed by atoms with van der Waals surface area (Å²) in [6.45, 7) is 1.64. The van der Waals surface area contributed by atoms with E-state index in [9.17, 15) is 17.2 Å². The molecule has 2 aromatic rings. The summed E-state index contributed by atoms with van der Waals surface area (Å²) in [5.74, 6) is -1.26. The predicted octanol–water partition coefficient (Wildman–Crippen LogP) is 2.66. The van der Waals surface area contributed by atoms with Crippen LogP contribution in [0.1, 0.15) is 5.56 Å². The third-order valence-electron chi connectivity index (χ3n) is 2.57. The highest BCUT2D eigenvalue weighted by Crippen LogP contribution is 2.21. The van der Waals surface area contributed by atoms with Crippen molar-refractivity contribution in [2.45, 2.75) is 11.8 Å². The zero-order valence-electron chi connectivity index (χ0n) is 10.5. The molecule has 2 aromatic carbocycles. The summed E-state index contributed by atoms with van der Waals surface area (Å²) in [5, 5.41) is 0. The maximum atomic E-state index is 13.2. The number of nitrogens with two attached hydrogens (primary N) is 1. The zero-order valence-corrected chi connectivity index (χ0v) is 11.3. The summed E-state index contributed by atoms with van der Waals surface area (Å²) in [6, 6.07) is 6.85. The molecule has 0 amide bonds. The summed E-state index contributed by atoms with van der Waals surface area (Å²) < 4.78 is 52.6. The quantitative estimate of drug-likeness (QED) is 0.856. The van der Waals surface area contributed by atoms with Crippen LogP contribution in [0.4, 0.5) is 20.2 Å². The summed E-state index contributed by atoms with van der Waals surface area (Å²) in [5.41, 5.74) is 5.72. The van der Waals surface area contributed by atoms with Crippen molar-refractivity contribution in [3.63, 3.8) is 0 Å². The van der Waals surface area contributed by atoms with Crippen molar-refractivity contribution in [2.75, 3.05) is 10.5 Å². The molecule has 3 N–H and O–H groups in total. The molecule has 0 aliphatic heterocycles. The minimum absolute atomic E-state index is 0.0883. The van der Waals surface area contributed by atoms with E-state index in [-0.39, 0.29) is 16.3 Å². The lowest BCUT2D eigenvalue weighted by molar-refractivity contribution is 0.600. The van der Waals surface area contributed by atoms with Gasteiger partial charge in [0.1, 0.15) is 11.6 Å². The largest absolute Gasteiger partial charge is 0.396 e. The molecule has 0 radical (unpaired) electrons. The lowest BCUT2D eigenvalue weighted by Gasteiger charge is -2.09. The molecule has 2 rings (SSSR count). The van der Waals surface area contributed by atoms with Gasteiger partial charge < -0.3 is 5.73 Å². The Balaban J connectivity index is 2.37. The smallest absolute Gasteiger partial charge is 0.261 e. The number of anilines is 2. The van der Waals surface area contributed by atoms with Gasteiger partial charge in [0.15, 0.2) is 0 Å². The number of nitrogen functional groups attached to an aromatic ring is 1. The Kier molecular flexibility index (Phi) is 3.63. The number of hydrogen-bond donors (Lipinski definition) is 2. The van der Waals surface area contributed by atoms with Crippen molar-refractivity contribution in [1.82, 2.24) is 0 Å². The lowest BCUT2D eigenvalue weighted by atomic mass is 10.2. The van der Waals surface area contributed by atoms with Crippen LogP contribution >= 0.6 is 0 Å². The molecule has 0 fully saturated rings. The number of sulfonamides is 1. The minimum atomic E-state index is -3.95. The number of hydrogen-bond acceptors (Lipinski definition) is 3. The Bertz CT molecular complexity index is 741. The van der Waals surface area contributed by atoms with E-state index in [4.69, 9.17) is 5.73 Å². The first-order chi connectivity index (χ1) is 9.28. The zero-order chi connectivity index (χ0) is 14.9. The summed E-state index contributed by atoms with van der Waals surface area (Å²) >= 11 is 0. The number of benzene rings is 2.